The fourth-order valence-electron chi connectivity index (χ4n) is 3.82. The van der Waals surface area contributed by atoms with Crippen LogP contribution in [0.25, 0.3) is 0 Å². The minimum atomic E-state index is 0.0454. The van der Waals surface area contributed by atoms with Crippen LogP contribution >= 0.6 is 0 Å². The standard InChI is InChI=1S/C18H21N3O2/c1-23-14-8-4-5-12(9-14)15-10-17(22)20-18-16(15)11-19-21(18)13-6-2-3-7-13/h4-5,8-9,11,13,15H,2-3,6-7,10H2,1H3,(H,20,22)/t15-/m0/s1. The van der Waals surface area contributed by atoms with Crippen molar-refractivity contribution in [2.24, 2.45) is 0 Å². The van der Waals surface area contributed by atoms with Gasteiger partial charge < -0.3 is 10.1 Å². The van der Waals surface area contributed by atoms with E-state index < -0.39 is 0 Å². The highest BCUT2D eigenvalue weighted by atomic mass is 16.5. The molecule has 120 valence electrons. The molecule has 5 heteroatoms. The zero-order valence-corrected chi connectivity index (χ0v) is 13.3. The van der Waals surface area contributed by atoms with Crippen molar-refractivity contribution in [2.45, 2.75) is 44.1 Å². The Labute approximate surface area is 135 Å². The lowest BCUT2D eigenvalue weighted by Crippen LogP contribution is -2.25. The Morgan fingerprint density at radius 2 is 2.13 bits per heavy atom. The average molecular weight is 311 g/mol. The lowest BCUT2D eigenvalue weighted by Gasteiger charge is -2.25. The zero-order chi connectivity index (χ0) is 15.8. The van der Waals surface area contributed by atoms with Crippen LogP contribution in [0.1, 0.15) is 55.2 Å². The van der Waals surface area contributed by atoms with E-state index in [9.17, 15) is 4.79 Å². The normalized spacial score (nSPS) is 21.1. The van der Waals surface area contributed by atoms with Crippen LogP contribution in [0.5, 0.6) is 5.75 Å². The second-order valence-electron chi connectivity index (χ2n) is 6.41. The molecule has 1 saturated carbocycles. The van der Waals surface area contributed by atoms with E-state index in [0.29, 0.717) is 12.5 Å². The van der Waals surface area contributed by atoms with Crippen LogP contribution in [0.15, 0.2) is 30.5 Å². The quantitative estimate of drug-likeness (QED) is 0.944. The van der Waals surface area contributed by atoms with Crippen LogP contribution in [0.2, 0.25) is 0 Å². The van der Waals surface area contributed by atoms with Crippen molar-refractivity contribution < 1.29 is 9.53 Å². The van der Waals surface area contributed by atoms with Gasteiger partial charge in [-0.2, -0.15) is 5.10 Å². The smallest absolute Gasteiger partial charge is 0.226 e. The van der Waals surface area contributed by atoms with Crippen LogP contribution in [0.3, 0.4) is 0 Å². The molecule has 1 amide bonds. The van der Waals surface area contributed by atoms with Gasteiger partial charge >= 0.3 is 0 Å². The number of fused-ring (bicyclic) bond motifs is 1. The largest absolute Gasteiger partial charge is 0.497 e. The first kappa shape index (κ1) is 14.3. The van der Waals surface area contributed by atoms with Crippen LogP contribution in [0, 0.1) is 0 Å². The summed E-state index contributed by atoms with van der Waals surface area (Å²) in [7, 11) is 1.66. The number of hydrogen-bond donors (Lipinski definition) is 1. The monoisotopic (exact) mass is 311 g/mol. The van der Waals surface area contributed by atoms with Crippen molar-refractivity contribution in [3.8, 4) is 5.75 Å². The molecule has 1 aromatic carbocycles. The van der Waals surface area contributed by atoms with Crippen molar-refractivity contribution in [2.75, 3.05) is 12.4 Å². The van der Waals surface area contributed by atoms with Gasteiger partial charge in [0.2, 0.25) is 5.91 Å². The summed E-state index contributed by atoms with van der Waals surface area (Å²) in [5, 5.41) is 7.65. The minimum Gasteiger partial charge on any atom is -0.497 e. The summed E-state index contributed by atoms with van der Waals surface area (Å²) in [6, 6.07) is 8.39. The van der Waals surface area contributed by atoms with Gasteiger partial charge in [-0.3, -0.25) is 4.79 Å². The van der Waals surface area contributed by atoms with Crippen molar-refractivity contribution in [1.29, 1.82) is 0 Å². The number of nitrogens with one attached hydrogen (secondary N) is 1. The number of aromatic nitrogens is 2. The first-order chi connectivity index (χ1) is 11.3. The molecule has 0 bridgehead atoms. The Morgan fingerprint density at radius 1 is 1.30 bits per heavy atom. The van der Waals surface area contributed by atoms with Crippen molar-refractivity contribution in [3.05, 3.63) is 41.6 Å². The fourth-order valence-corrected chi connectivity index (χ4v) is 3.82. The van der Waals surface area contributed by atoms with E-state index in [-0.39, 0.29) is 11.8 Å². The van der Waals surface area contributed by atoms with Gasteiger partial charge in [0, 0.05) is 17.9 Å². The maximum Gasteiger partial charge on any atom is 0.226 e. The summed E-state index contributed by atoms with van der Waals surface area (Å²) in [6.07, 6.45) is 7.16. The first-order valence-electron chi connectivity index (χ1n) is 8.27. The molecule has 0 spiro atoms. The van der Waals surface area contributed by atoms with Gasteiger partial charge in [0.1, 0.15) is 11.6 Å². The molecule has 0 unspecified atom stereocenters. The van der Waals surface area contributed by atoms with Crippen LogP contribution in [-0.4, -0.2) is 22.8 Å². The number of carbonyl (C=O) groups is 1. The molecule has 1 atom stereocenters. The number of rotatable bonds is 3. The van der Waals surface area contributed by atoms with E-state index in [2.05, 4.69) is 16.5 Å². The average Bonchev–Trinajstić information content (AvgIpc) is 3.23. The highest BCUT2D eigenvalue weighted by Gasteiger charge is 2.32. The Bertz CT molecular complexity index is 732. The van der Waals surface area contributed by atoms with Crippen LogP contribution in [0.4, 0.5) is 5.82 Å². The second kappa shape index (κ2) is 5.72. The van der Waals surface area contributed by atoms with Gasteiger partial charge in [-0.25, -0.2) is 4.68 Å². The maximum absolute atomic E-state index is 12.2. The predicted octanol–water partition coefficient (Wildman–Crippen LogP) is 3.48. The molecule has 4 rings (SSSR count). The summed E-state index contributed by atoms with van der Waals surface area (Å²) < 4.78 is 7.36. The third-order valence-electron chi connectivity index (χ3n) is 5.01. The number of anilines is 1. The molecule has 1 aliphatic heterocycles. The van der Waals surface area contributed by atoms with Crippen LogP contribution < -0.4 is 10.1 Å². The van der Waals surface area contributed by atoms with Gasteiger partial charge in [0.15, 0.2) is 0 Å². The number of ether oxygens (including phenoxy) is 1. The molecule has 1 N–H and O–H groups in total. The van der Waals surface area contributed by atoms with Gasteiger partial charge in [0.05, 0.1) is 19.3 Å². The molecule has 1 aliphatic carbocycles. The lowest BCUT2D eigenvalue weighted by molar-refractivity contribution is -0.116. The Balaban J connectivity index is 1.74. The second-order valence-corrected chi connectivity index (χ2v) is 6.41. The molecule has 1 aromatic heterocycles. The Hall–Kier alpha value is -2.30. The number of hydrogen-bond acceptors (Lipinski definition) is 3. The molecule has 0 saturated heterocycles. The highest BCUT2D eigenvalue weighted by Crippen LogP contribution is 2.41. The van der Waals surface area contributed by atoms with Gasteiger partial charge in [0.25, 0.3) is 0 Å². The number of nitrogens with zero attached hydrogens (tertiary/aromatic N) is 2. The van der Waals surface area contributed by atoms with E-state index in [4.69, 9.17) is 4.74 Å². The molecule has 0 radical (unpaired) electrons. The molecular formula is C18H21N3O2. The first-order valence-corrected chi connectivity index (χ1v) is 8.27. The zero-order valence-electron chi connectivity index (χ0n) is 13.3. The predicted molar refractivity (Wildman–Crippen MR) is 87.8 cm³/mol. The van der Waals surface area contributed by atoms with Crippen molar-refractivity contribution in [3.63, 3.8) is 0 Å². The number of carbonyl (C=O) groups excluding carboxylic acids is 1. The molecule has 2 aliphatic rings. The number of benzene rings is 1. The molecule has 1 fully saturated rings. The summed E-state index contributed by atoms with van der Waals surface area (Å²) in [5.41, 5.74) is 2.22. The van der Waals surface area contributed by atoms with Gasteiger partial charge in [-0.15, -0.1) is 0 Å². The molecule has 23 heavy (non-hydrogen) atoms. The minimum absolute atomic E-state index is 0.0454. The van der Waals surface area contributed by atoms with E-state index in [1.165, 1.54) is 12.8 Å². The molecule has 2 aromatic rings. The Kier molecular flexibility index (Phi) is 3.56. The van der Waals surface area contributed by atoms with E-state index >= 15 is 0 Å². The summed E-state index contributed by atoms with van der Waals surface area (Å²) in [4.78, 5) is 12.2. The fraction of sp³-hybridized carbons (Fsp3) is 0.444. The van der Waals surface area contributed by atoms with E-state index in [1.807, 2.05) is 29.1 Å². The number of methoxy groups -OCH3 is 1. The molecular weight excluding hydrogens is 290 g/mol. The Morgan fingerprint density at radius 3 is 2.91 bits per heavy atom. The SMILES string of the molecule is COc1cccc([C@@H]2CC(=O)Nc3c2cnn3C2CCCC2)c1. The van der Waals surface area contributed by atoms with Gasteiger partial charge in [-0.1, -0.05) is 25.0 Å². The third kappa shape index (κ3) is 2.50. The highest BCUT2D eigenvalue weighted by molar-refractivity contribution is 5.94. The third-order valence-corrected chi connectivity index (χ3v) is 5.01. The summed E-state index contributed by atoms with van der Waals surface area (Å²) >= 11 is 0. The topological polar surface area (TPSA) is 56.1 Å². The van der Waals surface area contributed by atoms with Gasteiger partial charge in [-0.05, 0) is 30.5 Å². The van der Waals surface area contributed by atoms with E-state index in [1.54, 1.807) is 7.11 Å². The van der Waals surface area contributed by atoms with Crippen molar-refractivity contribution in [1.82, 2.24) is 9.78 Å². The van der Waals surface area contributed by atoms with Crippen LogP contribution in [-0.2, 0) is 4.79 Å². The number of amides is 1. The summed E-state index contributed by atoms with van der Waals surface area (Å²) in [5.74, 6) is 1.81. The lowest BCUT2D eigenvalue weighted by atomic mass is 9.87. The van der Waals surface area contributed by atoms with Crippen molar-refractivity contribution >= 4 is 11.7 Å². The van der Waals surface area contributed by atoms with E-state index in [0.717, 1.165) is 35.5 Å². The maximum atomic E-state index is 12.2. The molecule has 2 heterocycles. The molecule has 5 nitrogen and oxygen atoms in total. The summed E-state index contributed by atoms with van der Waals surface area (Å²) in [6.45, 7) is 0.